The van der Waals surface area contributed by atoms with Crippen molar-refractivity contribution < 1.29 is 27.9 Å². The molecule has 8 atom stereocenters. The summed E-state index contributed by atoms with van der Waals surface area (Å²) in [5, 5.41) is 3.58. The van der Waals surface area contributed by atoms with Crippen LogP contribution in [0.2, 0.25) is 0 Å². The van der Waals surface area contributed by atoms with Gasteiger partial charge in [-0.05, 0) is 80.0 Å². The fraction of sp³-hybridized carbons (Fsp3) is 0.436. The largest absolute Gasteiger partial charge is 0.472 e. The highest BCUT2D eigenvalue weighted by Crippen LogP contribution is 2.47. The van der Waals surface area contributed by atoms with E-state index >= 15 is 0 Å². The molecule has 1 N–H and O–H groups in total. The molecular weight excluding hydrogens is 592 g/mol. The lowest BCUT2D eigenvalue weighted by Crippen LogP contribution is -2.49. The standard InChI is InChI=1S/C20H23NO3.C19H21NO3/c1-21-16-7-8-18(21)19(20(22)23-2)17(11-16)14-5-3-13(4-6-14)15-9-10-24-12-15;1-22-19(21)18-16(10-15-6-7-17(18)20-15)13-4-2-12(3-5-13)14-8-9-23-11-14/h3-6,9-10,12,16-19H,7-8,11H2,1-2H3;2-5,8-9,11,15-18,20H,6-7,10H2,1H3. The third-order valence-corrected chi connectivity index (χ3v) is 11.3. The van der Waals surface area contributed by atoms with Crippen LogP contribution in [0.25, 0.3) is 22.3 Å². The maximum absolute atomic E-state index is 12.5. The fourth-order valence-electron chi connectivity index (χ4n) is 8.83. The van der Waals surface area contributed by atoms with Crippen LogP contribution in [0.3, 0.4) is 0 Å². The van der Waals surface area contributed by atoms with Gasteiger partial charge in [-0.1, -0.05) is 48.5 Å². The summed E-state index contributed by atoms with van der Waals surface area (Å²) in [6, 6.07) is 22.6. The molecule has 4 aromatic rings. The molecule has 0 radical (unpaired) electrons. The predicted octanol–water partition coefficient (Wildman–Crippen LogP) is 7.03. The zero-order valence-electron chi connectivity index (χ0n) is 27.3. The number of fused-ring (bicyclic) bond motifs is 4. The summed E-state index contributed by atoms with van der Waals surface area (Å²) in [5.41, 5.74) is 6.89. The molecule has 6 heterocycles. The van der Waals surface area contributed by atoms with Gasteiger partial charge in [-0.2, -0.15) is 0 Å². The molecule has 4 bridgehead atoms. The van der Waals surface area contributed by atoms with Gasteiger partial charge in [0.1, 0.15) is 0 Å². The first-order valence-corrected chi connectivity index (χ1v) is 16.8. The average molecular weight is 637 g/mol. The van der Waals surface area contributed by atoms with E-state index in [4.69, 9.17) is 18.3 Å². The minimum atomic E-state index is -0.0910. The molecule has 2 aromatic carbocycles. The van der Waals surface area contributed by atoms with Crippen molar-refractivity contribution in [3.8, 4) is 22.3 Å². The number of furan rings is 2. The second-order valence-corrected chi connectivity index (χ2v) is 13.6. The van der Waals surface area contributed by atoms with Gasteiger partial charge in [-0.15, -0.1) is 0 Å². The molecule has 4 fully saturated rings. The molecule has 0 spiro atoms. The Hall–Kier alpha value is -4.14. The second kappa shape index (κ2) is 13.5. The normalized spacial score (nSPS) is 29.5. The van der Waals surface area contributed by atoms with Crippen molar-refractivity contribution in [2.24, 2.45) is 11.8 Å². The molecular formula is C39H44N2O6. The van der Waals surface area contributed by atoms with Crippen molar-refractivity contribution in [2.45, 2.75) is 74.5 Å². The summed E-state index contributed by atoms with van der Waals surface area (Å²) in [4.78, 5) is 27.2. The van der Waals surface area contributed by atoms with Crippen LogP contribution in [0.1, 0.15) is 61.5 Å². The van der Waals surface area contributed by atoms with E-state index in [1.165, 1.54) is 31.8 Å². The molecule has 0 amide bonds. The number of nitrogens with zero attached hydrogens (tertiary/aromatic N) is 1. The predicted molar refractivity (Wildman–Crippen MR) is 179 cm³/mol. The van der Waals surface area contributed by atoms with E-state index in [9.17, 15) is 9.59 Å². The Labute approximate surface area is 276 Å². The fourth-order valence-corrected chi connectivity index (χ4v) is 8.83. The Kier molecular flexibility index (Phi) is 9.06. The van der Waals surface area contributed by atoms with Crippen molar-refractivity contribution in [2.75, 3.05) is 21.3 Å². The molecule has 8 nitrogen and oxygen atoms in total. The molecule has 0 aliphatic carbocycles. The monoisotopic (exact) mass is 636 g/mol. The number of piperidine rings is 2. The van der Waals surface area contributed by atoms with Crippen LogP contribution in [-0.2, 0) is 19.1 Å². The Morgan fingerprint density at radius 2 is 1.23 bits per heavy atom. The Morgan fingerprint density at radius 3 is 1.77 bits per heavy atom. The lowest BCUT2D eigenvalue weighted by atomic mass is 9.76. The van der Waals surface area contributed by atoms with Gasteiger partial charge in [0.05, 0.1) is 51.1 Å². The van der Waals surface area contributed by atoms with Crippen LogP contribution in [0, 0.1) is 11.8 Å². The van der Waals surface area contributed by atoms with E-state index in [1.807, 2.05) is 12.1 Å². The van der Waals surface area contributed by atoms with Crippen LogP contribution in [-0.4, -0.2) is 62.3 Å². The highest BCUT2D eigenvalue weighted by molar-refractivity contribution is 5.76. The quantitative estimate of drug-likeness (QED) is 0.226. The Morgan fingerprint density at radius 1 is 0.681 bits per heavy atom. The topological polar surface area (TPSA) is 94.1 Å². The molecule has 4 saturated heterocycles. The van der Waals surface area contributed by atoms with Crippen molar-refractivity contribution in [3.63, 3.8) is 0 Å². The Balaban J connectivity index is 0.000000150. The van der Waals surface area contributed by atoms with Gasteiger partial charge in [0.15, 0.2) is 0 Å². The van der Waals surface area contributed by atoms with Gasteiger partial charge in [-0.25, -0.2) is 0 Å². The molecule has 2 aromatic heterocycles. The van der Waals surface area contributed by atoms with E-state index < -0.39 is 0 Å². The molecule has 8 rings (SSSR count). The SMILES string of the molecule is COC(=O)C1C(c2ccc(-c3ccoc3)cc2)CC2CCC1N2C.COC(=O)C1C2CCC(CC1c1ccc(-c3ccoc3)cc1)N2. The van der Waals surface area contributed by atoms with Crippen molar-refractivity contribution in [3.05, 3.63) is 96.8 Å². The number of benzene rings is 2. The summed E-state index contributed by atoms with van der Waals surface area (Å²) in [5.74, 6) is 0.157. The Bertz CT molecular complexity index is 1630. The lowest BCUT2D eigenvalue weighted by molar-refractivity contribution is -0.150. The third kappa shape index (κ3) is 6.17. The minimum absolute atomic E-state index is 0.0708. The highest BCUT2D eigenvalue weighted by Gasteiger charge is 2.49. The first kappa shape index (κ1) is 31.5. The lowest BCUT2D eigenvalue weighted by Gasteiger charge is -2.41. The zero-order chi connectivity index (χ0) is 32.5. The van der Waals surface area contributed by atoms with Crippen molar-refractivity contribution in [1.82, 2.24) is 10.2 Å². The molecule has 0 saturated carbocycles. The highest BCUT2D eigenvalue weighted by atomic mass is 16.5. The van der Waals surface area contributed by atoms with Crippen LogP contribution >= 0.6 is 0 Å². The molecule has 4 aliphatic heterocycles. The zero-order valence-corrected chi connectivity index (χ0v) is 27.3. The van der Waals surface area contributed by atoms with Crippen molar-refractivity contribution >= 4 is 11.9 Å². The first-order valence-electron chi connectivity index (χ1n) is 16.8. The number of carbonyl (C=O) groups excluding carboxylic acids is 2. The van der Waals surface area contributed by atoms with Gasteiger partial charge < -0.3 is 23.6 Å². The van der Waals surface area contributed by atoms with E-state index in [1.54, 1.807) is 25.1 Å². The summed E-state index contributed by atoms with van der Waals surface area (Å²) >= 11 is 0. The average Bonchev–Trinajstić information content (AvgIpc) is 3.94. The number of carbonyl (C=O) groups is 2. The number of ether oxygens (including phenoxy) is 2. The molecule has 8 heteroatoms. The van der Waals surface area contributed by atoms with Crippen LogP contribution < -0.4 is 5.32 Å². The number of methoxy groups -OCH3 is 2. The number of nitrogens with one attached hydrogen (secondary N) is 1. The van der Waals surface area contributed by atoms with Gasteiger partial charge >= 0.3 is 11.9 Å². The number of esters is 2. The van der Waals surface area contributed by atoms with Gasteiger partial charge in [-0.3, -0.25) is 14.5 Å². The maximum Gasteiger partial charge on any atom is 0.310 e. The summed E-state index contributed by atoms with van der Waals surface area (Å²) in [6.07, 6.45) is 13.4. The maximum atomic E-state index is 12.5. The summed E-state index contributed by atoms with van der Waals surface area (Å²) < 4.78 is 20.5. The molecule has 246 valence electrons. The smallest absolute Gasteiger partial charge is 0.310 e. The molecule has 8 unspecified atom stereocenters. The number of hydrogen-bond donors (Lipinski definition) is 1. The van der Waals surface area contributed by atoms with Gasteiger partial charge in [0.25, 0.3) is 0 Å². The van der Waals surface area contributed by atoms with E-state index in [-0.39, 0.29) is 41.7 Å². The van der Waals surface area contributed by atoms with E-state index in [0.717, 1.165) is 54.4 Å². The second-order valence-electron chi connectivity index (χ2n) is 13.6. The molecule has 4 aliphatic rings. The first-order chi connectivity index (χ1) is 22.9. The number of hydrogen-bond acceptors (Lipinski definition) is 8. The van der Waals surface area contributed by atoms with E-state index in [0.29, 0.717) is 18.1 Å². The van der Waals surface area contributed by atoms with E-state index in [2.05, 4.69) is 65.8 Å². The van der Waals surface area contributed by atoms with Gasteiger partial charge in [0, 0.05) is 47.1 Å². The summed E-state index contributed by atoms with van der Waals surface area (Å²) in [7, 11) is 5.14. The third-order valence-electron chi connectivity index (χ3n) is 11.3. The van der Waals surface area contributed by atoms with Crippen LogP contribution in [0.4, 0.5) is 0 Å². The van der Waals surface area contributed by atoms with Gasteiger partial charge in [0.2, 0.25) is 0 Å². The summed E-state index contributed by atoms with van der Waals surface area (Å²) in [6.45, 7) is 0. The number of rotatable bonds is 6. The molecule has 47 heavy (non-hydrogen) atoms. The van der Waals surface area contributed by atoms with Crippen LogP contribution in [0.15, 0.2) is 94.6 Å². The minimum Gasteiger partial charge on any atom is -0.472 e. The van der Waals surface area contributed by atoms with Crippen LogP contribution in [0.5, 0.6) is 0 Å². The van der Waals surface area contributed by atoms with Crippen molar-refractivity contribution in [1.29, 1.82) is 0 Å².